The van der Waals surface area contributed by atoms with Gasteiger partial charge in [0.2, 0.25) is 0 Å². The second-order valence-electron chi connectivity index (χ2n) is 27.2. The van der Waals surface area contributed by atoms with Crippen LogP contribution in [0.25, 0.3) is 0 Å². The summed E-state index contributed by atoms with van der Waals surface area (Å²) in [5.74, 6) is -3.35. The van der Waals surface area contributed by atoms with Crippen LogP contribution in [-0.4, -0.2) is 171 Å². The van der Waals surface area contributed by atoms with Crippen molar-refractivity contribution >= 4 is 35.1 Å². The second kappa shape index (κ2) is 28.8. The van der Waals surface area contributed by atoms with Crippen LogP contribution in [-0.2, 0) is 38.0 Å². The molecule has 3 fully saturated rings. The van der Waals surface area contributed by atoms with Gasteiger partial charge in [0.1, 0.15) is 12.2 Å². The summed E-state index contributed by atoms with van der Waals surface area (Å²) in [6.45, 7) is 30.6. The number of cyclic esters (lactones) is 1. The maximum absolute atomic E-state index is 15.0. The number of hydrogen-bond acceptors (Lipinski definition) is 14. The first-order valence-electron chi connectivity index (χ1n) is 31.3. The van der Waals surface area contributed by atoms with Crippen molar-refractivity contribution in [2.75, 3.05) is 33.9 Å². The van der Waals surface area contributed by atoms with Crippen molar-refractivity contribution in [3.63, 3.8) is 0 Å². The maximum atomic E-state index is 15.0. The van der Waals surface area contributed by atoms with Crippen molar-refractivity contribution in [1.82, 2.24) is 9.80 Å². The molecular formula is C68H109N2O13P. The van der Waals surface area contributed by atoms with E-state index < -0.39 is 109 Å². The van der Waals surface area contributed by atoms with Crippen molar-refractivity contribution in [3.05, 3.63) is 88.0 Å². The number of nitrogens with zero attached hydrogens (tertiary/aromatic N) is 2. The molecule has 5 N–H and O–H groups in total. The number of benzene rings is 3. The third-order valence-electron chi connectivity index (χ3n) is 19.1. The normalized spacial score (nSPS) is 35.3. The van der Waals surface area contributed by atoms with E-state index in [9.17, 15) is 35.1 Å². The topological polar surface area (TPSA) is 197 Å². The van der Waals surface area contributed by atoms with Gasteiger partial charge < -0.3 is 48.6 Å². The van der Waals surface area contributed by atoms with Crippen molar-refractivity contribution in [2.24, 2.45) is 17.8 Å². The van der Waals surface area contributed by atoms with E-state index >= 15 is 0 Å². The minimum atomic E-state index is -2.62. The minimum absolute atomic E-state index is 0.0571. The van der Waals surface area contributed by atoms with Gasteiger partial charge >= 0.3 is 292 Å². The first kappa shape index (κ1) is 69.7. The van der Waals surface area contributed by atoms with Gasteiger partial charge in [-0.3, -0.25) is 4.79 Å². The number of aliphatic hydroxyl groups excluding tert-OH is 3. The van der Waals surface area contributed by atoms with Gasteiger partial charge in [-0.15, -0.1) is 0 Å². The number of carbonyl (C=O) groups excluding carboxylic acids is 2. The Morgan fingerprint density at radius 2 is 1.24 bits per heavy atom. The van der Waals surface area contributed by atoms with Crippen LogP contribution in [0.2, 0.25) is 0 Å². The molecule has 3 heterocycles. The molecule has 16 heteroatoms. The number of amides is 1. The van der Waals surface area contributed by atoms with Crippen molar-refractivity contribution in [1.29, 1.82) is 0 Å². The van der Waals surface area contributed by atoms with E-state index in [0.29, 0.717) is 12.8 Å². The first-order chi connectivity index (χ1) is 39.2. The monoisotopic (exact) mass is 1190 g/mol. The fourth-order valence-corrected chi connectivity index (χ4v) is 20.1. The third kappa shape index (κ3) is 16.1. The number of methoxy groups -OCH3 is 1. The number of ether oxygens (including phenoxy) is 6. The number of hydrogen-bond donors (Lipinski definition) is 5. The van der Waals surface area contributed by atoms with Crippen LogP contribution in [0.5, 0.6) is 0 Å². The Kier molecular flexibility index (Phi) is 23.9. The predicted octanol–water partition coefficient (Wildman–Crippen LogP) is 8.32. The summed E-state index contributed by atoms with van der Waals surface area (Å²) >= 11 is 0. The zero-order valence-corrected chi connectivity index (χ0v) is 55.5. The molecule has 1 amide bonds. The molecular weight excluding hydrogens is 1080 g/mol. The number of unbranched alkanes of at least 4 members (excludes halogenated alkanes) is 3. The van der Waals surface area contributed by atoms with E-state index in [1.54, 1.807) is 46.4 Å². The molecule has 474 valence electrons. The number of esters is 1. The van der Waals surface area contributed by atoms with Gasteiger partial charge in [0.15, 0.2) is 12.6 Å². The van der Waals surface area contributed by atoms with Crippen LogP contribution in [0.4, 0.5) is 0 Å². The van der Waals surface area contributed by atoms with E-state index in [2.05, 4.69) is 96.1 Å². The second-order valence-corrected chi connectivity index (χ2v) is 31.3. The summed E-state index contributed by atoms with van der Waals surface area (Å²) < 4.78 is 38.5. The summed E-state index contributed by atoms with van der Waals surface area (Å²) in [7, 11) is 2.65. The Labute approximate surface area is 504 Å². The first-order valence-corrected chi connectivity index (χ1v) is 33.5. The van der Waals surface area contributed by atoms with Crippen LogP contribution in [0.1, 0.15) is 160 Å². The van der Waals surface area contributed by atoms with Gasteiger partial charge in [-0.1, -0.05) is 13.8 Å². The Hall–Kier alpha value is -3.41. The molecule has 0 aliphatic carbocycles. The number of aryl methyl sites for hydroxylation is 6. The average Bonchev–Trinajstić information content (AvgIpc) is 1.13. The van der Waals surface area contributed by atoms with Gasteiger partial charge in [-0.2, -0.15) is 0 Å². The summed E-state index contributed by atoms with van der Waals surface area (Å²) in [6, 6.07) is 19.9. The van der Waals surface area contributed by atoms with Crippen LogP contribution in [0.3, 0.4) is 0 Å². The van der Waals surface area contributed by atoms with E-state index in [1.165, 1.54) is 63.3 Å². The molecule has 15 nitrogen and oxygen atoms in total. The molecule has 3 aromatic carbocycles. The Morgan fingerprint density at radius 3 is 1.73 bits per heavy atom. The van der Waals surface area contributed by atoms with Crippen LogP contribution in [0.15, 0.2) is 54.6 Å². The number of rotatable bonds is 17. The fraction of sp³-hybridized carbons (Fsp3) is 0.706. The van der Waals surface area contributed by atoms with Gasteiger partial charge in [-0.25, -0.2) is 0 Å². The summed E-state index contributed by atoms with van der Waals surface area (Å²) in [4.78, 5) is 33.3. The zero-order chi connectivity index (χ0) is 62.6. The molecule has 6 rings (SSSR count). The Morgan fingerprint density at radius 1 is 0.726 bits per heavy atom. The van der Waals surface area contributed by atoms with Crippen molar-refractivity contribution in [3.8, 4) is 0 Å². The third-order valence-corrected chi connectivity index (χ3v) is 24.0. The van der Waals surface area contributed by atoms with Crippen LogP contribution in [0, 0.1) is 59.3 Å². The fourth-order valence-electron chi connectivity index (χ4n) is 14.6. The molecule has 3 aliphatic heterocycles. The summed E-state index contributed by atoms with van der Waals surface area (Å²) in [5.41, 5.74) is 2.64. The zero-order valence-electron chi connectivity index (χ0n) is 54.5. The standard InChI is InChI=1S/C68H109N2O13P/c1-20-56-68(16,77)61(73)50(12)70(57(71)25-23-21-22-24-26-84(52-30-40(2)27-41(3)31-52,53-32-42(4)28-43(5)33-53)54-34-44(6)29-45(7)35-54)39-46(8)37-66(14,76)63(83-65-59(72)55(69(17)18)36-47(9)79-65)48(10)60(49(11)64(75)81-56)82-58-38-67(15,78-19)62(74)51(13)80-58/h27-35,46-51,55-56,58-63,65,72-74,76-77,84H,20-26,36-39H2,1-19H3/t46-,47-,48+,49-,50-,51+,55+,56-,58+,59-,60+,61-,62+,63-,65+,66-,67-,68-/m1/s1. The van der Waals surface area contributed by atoms with Crippen molar-refractivity contribution in [2.45, 2.75) is 259 Å². The SMILES string of the molecule is CC[C@H]1OC(=O)[C@H](C)[C@@H](O[C@H]2C[C@@](C)(OC)[C@@H](O)[C@H](C)O2)[C@H](C)[C@@H](O[C@@H]2O[C@H](C)C[C@H](N(C)C)[C@H]2O)[C@](C)(O)C[C@@H](C)CN(C(=O)CCCCCC[PH](c2cc(C)cc(C)c2)(c2cc(C)cc(C)c2)c2cc(C)cc(C)c2)[C@H](C)[C@@H](O)[C@]1(C)O. The number of carbonyl (C=O) groups is 2. The molecule has 84 heavy (non-hydrogen) atoms. The van der Waals surface area contributed by atoms with Crippen molar-refractivity contribution < 1.29 is 63.5 Å². The molecule has 0 aromatic heterocycles. The molecule has 3 aliphatic rings. The van der Waals surface area contributed by atoms with E-state index in [-0.39, 0.29) is 50.3 Å². The van der Waals surface area contributed by atoms with Gasteiger partial charge in [0.05, 0.1) is 35.9 Å². The quantitative estimate of drug-likeness (QED) is 0.0492. The number of aliphatic hydroxyl groups is 5. The molecule has 0 radical (unpaired) electrons. The molecule has 0 spiro atoms. The number of likely N-dealkylation sites (N-methyl/N-ethyl adjacent to an activating group) is 1. The molecule has 3 aromatic rings. The molecule has 18 atom stereocenters. The average molecular weight is 1190 g/mol. The predicted molar refractivity (Wildman–Crippen MR) is 336 cm³/mol. The Bertz CT molecular complexity index is 2480. The van der Waals surface area contributed by atoms with E-state index in [4.69, 9.17) is 28.4 Å². The van der Waals surface area contributed by atoms with Crippen LogP contribution < -0.4 is 15.9 Å². The molecule has 0 bridgehead atoms. The Balaban J connectivity index is 1.32. The molecule has 0 saturated carbocycles. The molecule has 0 unspecified atom stereocenters. The summed E-state index contributed by atoms with van der Waals surface area (Å²) in [6.07, 6.45) is -5.26. The van der Waals surface area contributed by atoms with Crippen LogP contribution >= 0.6 is 7.26 Å². The summed E-state index contributed by atoms with van der Waals surface area (Å²) in [5, 5.41) is 65.3. The van der Waals surface area contributed by atoms with Gasteiger partial charge in [-0.05, 0) is 61.6 Å². The molecule has 3 saturated heterocycles. The van der Waals surface area contributed by atoms with Gasteiger partial charge in [0, 0.05) is 25.5 Å². The van der Waals surface area contributed by atoms with E-state index in [1.807, 2.05) is 39.8 Å². The van der Waals surface area contributed by atoms with E-state index in [0.717, 1.165) is 25.4 Å². The van der Waals surface area contributed by atoms with Gasteiger partial charge in [0.25, 0.3) is 0 Å².